The molecule has 5 nitrogen and oxygen atoms in total. The molecule has 3 aromatic rings. The SMILES string of the molecule is CCOc1ccc2nc(NC(=O)CCc3cccc(OC)c3)sc2c1. The molecule has 0 radical (unpaired) electrons. The van der Waals surface area contributed by atoms with Gasteiger partial charge in [0, 0.05) is 6.42 Å². The first kappa shape index (κ1) is 17.2. The molecule has 130 valence electrons. The number of benzene rings is 2. The number of hydrogen-bond donors (Lipinski definition) is 1. The highest BCUT2D eigenvalue weighted by Gasteiger charge is 2.09. The molecule has 0 aliphatic carbocycles. The minimum Gasteiger partial charge on any atom is -0.497 e. The van der Waals surface area contributed by atoms with E-state index >= 15 is 0 Å². The zero-order chi connectivity index (χ0) is 17.6. The van der Waals surface area contributed by atoms with Crippen molar-refractivity contribution in [3.05, 3.63) is 48.0 Å². The van der Waals surface area contributed by atoms with Crippen molar-refractivity contribution in [1.29, 1.82) is 0 Å². The maximum absolute atomic E-state index is 12.2. The van der Waals surface area contributed by atoms with Gasteiger partial charge in [-0.2, -0.15) is 0 Å². The third kappa shape index (κ3) is 4.48. The van der Waals surface area contributed by atoms with E-state index < -0.39 is 0 Å². The number of fused-ring (bicyclic) bond motifs is 1. The summed E-state index contributed by atoms with van der Waals surface area (Å²) >= 11 is 1.45. The molecule has 3 rings (SSSR count). The lowest BCUT2D eigenvalue weighted by molar-refractivity contribution is -0.116. The maximum Gasteiger partial charge on any atom is 0.226 e. The number of rotatable bonds is 7. The summed E-state index contributed by atoms with van der Waals surface area (Å²) in [6.45, 7) is 2.57. The number of amides is 1. The van der Waals surface area contributed by atoms with E-state index in [9.17, 15) is 4.79 Å². The van der Waals surface area contributed by atoms with Crippen LogP contribution in [0.2, 0.25) is 0 Å². The first-order valence-corrected chi connectivity index (χ1v) is 8.95. The smallest absolute Gasteiger partial charge is 0.226 e. The summed E-state index contributed by atoms with van der Waals surface area (Å²) in [5.41, 5.74) is 1.93. The third-order valence-electron chi connectivity index (χ3n) is 3.69. The van der Waals surface area contributed by atoms with Gasteiger partial charge < -0.3 is 14.8 Å². The van der Waals surface area contributed by atoms with Crippen LogP contribution in [0.1, 0.15) is 18.9 Å². The normalized spacial score (nSPS) is 10.6. The van der Waals surface area contributed by atoms with Gasteiger partial charge in [-0.25, -0.2) is 4.98 Å². The predicted octanol–water partition coefficient (Wildman–Crippen LogP) is 4.27. The first-order valence-electron chi connectivity index (χ1n) is 8.14. The van der Waals surface area contributed by atoms with E-state index in [-0.39, 0.29) is 5.91 Å². The van der Waals surface area contributed by atoms with Crippen molar-refractivity contribution in [2.24, 2.45) is 0 Å². The van der Waals surface area contributed by atoms with Crippen LogP contribution in [-0.2, 0) is 11.2 Å². The second-order valence-corrected chi connectivity index (χ2v) is 6.51. The fraction of sp³-hybridized carbons (Fsp3) is 0.263. The van der Waals surface area contributed by atoms with Crippen molar-refractivity contribution in [2.75, 3.05) is 19.0 Å². The fourth-order valence-electron chi connectivity index (χ4n) is 2.48. The molecule has 0 saturated carbocycles. The summed E-state index contributed by atoms with van der Waals surface area (Å²) in [5.74, 6) is 1.57. The van der Waals surface area contributed by atoms with Gasteiger partial charge in [0.2, 0.25) is 5.91 Å². The lowest BCUT2D eigenvalue weighted by atomic mass is 10.1. The lowest BCUT2D eigenvalue weighted by Gasteiger charge is -2.04. The number of carbonyl (C=O) groups is 1. The Morgan fingerprint density at radius 2 is 2.08 bits per heavy atom. The highest BCUT2D eigenvalue weighted by molar-refractivity contribution is 7.22. The van der Waals surface area contributed by atoms with Crippen LogP contribution in [-0.4, -0.2) is 24.6 Å². The molecule has 0 atom stereocenters. The molecule has 1 amide bonds. The third-order valence-corrected chi connectivity index (χ3v) is 4.63. The Kier molecular flexibility index (Phi) is 5.50. The number of ether oxygens (including phenoxy) is 2. The van der Waals surface area contributed by atoms with Gasteiger partial charge in [-0.1, -0.05) is 23.5 Å². The molecule has 1 N–H and O–H groups in total. The summed E-state index contributed by atoms with van der Waals surface area (Å²) in [4.78, 5) is 16.6. The average molecular weight is 356 g/mol. The summed E-state index contributed by atoms with van der Waals surface area (Å²) in [7, 11) is 1.63. The molecule has 0 unspecified atom stereocenters. The second-order valence-electron chi connectivity index (χ2n) is 5.48. The Hall–Kier alpha value is -2.60. The molecule has 0 aliphatic heterocycles. The van der Waals surface area contributed by atoms with Crippen LogP contribution in [0.15, 0.2) is 42.5 Å². The number of methoxy groups -OCH3 is 1. The van der Waals surface area contributed by atoms with Gasteiger partial charge in [-0.15, -0.1) is 0 Å². The first-order chi connectivity index (χ1) is 12.2. The van der Waals surface area contributed by atoms with Gasteiger partial charge in [0.1, 0.15) is 11.5 Å². The highest BCUT2D eigenvalue weighted by Crippen LogP contribution is 2.29. The van der Waals surface area contributed by atoms with Gasteiger partial charge in [0.25, 0.3) is 0 Å². The van der Waals surface area contributed by atoms with Gasteiger partial charge in [-0.05, 0) is 49.2 Å². The Labute approximate surface area is 150 Å². The zero-order valence-corrected chi connectivity index (χ0v) is 15.1. The van der Waals surface area contributed by atoms with Crippen LogP contribution in [0.25, 0.3) is 10.2 Å². The Balaban J connectivity index is 1.61. The number of aryl methyl sites for hydroxylation is 1. The van der Waals surface area contributed by atoms with E-state index in [4.69, 9.17) is 9.47 Å². The molecule has 1 heterocycles. The van der Waals surface area contributed by atoms with Crippen molar-refractivity contribution in [2.45, 2.75) is 19.8 Å². The number of nitrogens with one attached hydrogen (secondary N) is 1. The van der Waals surface area contributed by atoms with Crippen molar-refractivity contribution < 1.29 is 14.3 Å². The molecule has 25 heavy (non-hydrogen) atoms. The molecular weight excluding hydrogens is 336 g/mol. The number of aromatic nitrogens is 1. The molecule has 0 saturated heterocycles. The fourth-order valence-corrected chi connectivity index (χ4v) is 3.39. The van der Waals surface area contributed by atoms with Gasteiger partial charge >= 0.3 is 0 Å². The van der Waals surface area contributed by atoms with Gasteiger partial charge in [0.05, 0.1) is 23.9 Å². The molecule has 6 heteroatoms. The van der Waals surface area contributed by atoms with Gasteiger partial charge in [0.15, 0.2) is 5.13 Å². The minimum atomic E-state index is -0.0492. The molecule has 0 spiro atoms. The van der Waals surface area contributed by atoms with Crippen LogP contribution < -0.4 is 14.8 Å². The van der Waals surface area contributed by atoms with Crippen LogP contribution in [0.5, 0.6) is 11.5 Å². The van der Waals surface area contributed by atoms with Crippen molar-refractivity contribution in [1.82, 2.24) is 4.98 Å². The number of anilines is 1. The van der Waals surface area contributed by atoms with Gasteiger partial charge in [-0.3, -0.25) is 4.79 Å². The highest BCUT2D eigenvalue weighted by atomic mass is 32.1. The average Bonchev–Trinajstić information content (AvgIpc) is 3.02. The van der Waals surface area contributed by atoms with E-state index in [1.54, 1.807) is 7.11 Å². The molecule has 1 aromatic heterocycles. The van der Waals surface area contributed by atoms with Crippen LogP contribution in [0, 0.1) is 0 Å². The summed E-state index contributed by atoms with van der Waals surface area (Å²) in [6.07, 6.45) is 1.05. The van der Waals surface area contributed by atoms with Crippen LogP contribution in [0.3, 0.4) is 0 Å². The molecular formula is C19H20N2O3S. The van der Waals surface area contributed by atoms with Crippen molar-refractivity contribution >= 4 is 32.6 Å². The number of thiazole rings is 1. The predicted molar refractivity (Wildman–Crippen MR) is 101 cm³/mol. The Bertz CT molecular complexity index is 876. The van der Waals surface area contributed by atoms with E-state index in [1.165, 1.54) is 11.3 Å². The molecule has 0 aliphatic rings. The second kappa shape index (κ2) is 7.98. The zero-order valence-electron chi connectivity index (χ0n) is 14.2. The summed E-state index contributed by atoms with van der Waals surface area (Å²) in [6, 6.07) is 13.5. The summed E-state index contributed by atoms with van der Waals surface area (Å²) in [5, 5.41) is 3.49. The lowest BCUT2D eigenvalue weighted by Crippen LogP contribution is -2.12. The molecule has 2 aromatic carbocycles. The number of nitrogens with zero attached hydrogens (tertiary/aromatic N) is 1. The molecule has 0 fully saturated rings. The summed E-state index contributed by atoms with van der Waals surface area (Å²) < 4.78 is 11.7. The van der Waals surface area contributed by atoms with Crippen LogP contribution >= 0.6 is 11.3 Å². The van der Waals surface area contributed by atoms with E-state index in [0.717, 1.165) is 27.3 Å². The largest absolute Gasteiger partial charge is 0.497 e. The van der Waals surface area contributed by atoms with Crippen molar-refractivity contribution in [3.63, 3.8) is 0 Å². The number of carbonyl (C=O) groups excluding carboxylic acids is 1. The van der Waals surface area contributed by atoms with E-state index in [0.29, 0.717) is 24.6 Å². The number of hydrogen-bond acceptors (Lipinski definition) is 5. The Morgan fingerprint density at radius 3 is 2.88 bits per heavy atom. The Morgan fingerprint density at radius 1 is 1.20 bits per heavy atom. The van der Waals surface area contributed by atoms with E-state index in [2.05, 4.69) is 10.3 Å². The monoisotopic (exact) mass is 356 g/mol. The minimum absolute atomic E-state index is 0.0492. The van der Waals surface area contributed by atoms with E-state index in [1.807, 2.05) is 49.4 Å². The maximum atomic E-state index is 12.2. The standard InChI is InChI=1S/C19H20N2O3S/c1-3-24-15-8-9-16-17(12-15)25-19(20-16)21-18(22)10-7-13-5-4-6-14(11-13)23-2/h4-6,8-9,11-12H,3,7,10H2,1-2H3,(H,20,21,22). The molecule has 0 bridgehead atoms. The van der Waals surface area contributed by atoms with Crippen LogP contribution in [0.4, 0.5) is 5.13 Å². The van der Waals surface area contributed by atoms with Crippen molar-refractivity contribution in [3.8, 4) is 11.5 Å². The topological polar surface area (TPSA) is 60.5 Å². The quantitative estimate of drug-likeness (QED) is 0.686.